The summed E-state index contributed by atoms with van der Waals surface area (Å²) in [5.74, 6) is 0. The highest BCUT2D eigenvalue weighted by Gasteiger charge is 2.25. The lowest BCUT2D eigenvalue weighted by Crippen LogP contribution is -2.12. The summed E-state index contributed by atoms with van der Waals surface area (Å²) in [6, 6.07) is 36.8. The fourth-order valence-electron chi connectivity index (χ4n) is 6.94. The van der Waals surface area contributed by atoms with E-state index in [9.17, 15) is 10.5 Å². The van der Waals surface area contributed by atoms with E-state index in [0.29, 0.717) is 11.1 Å². The summed E-state index contributed by atoms with van der Waals surface area (Å²) in [7, 11) is 0. The van der Waals surface area contributed by atoms with E-state index in [1.54, 1.807) is 0 Å². The Morgan fingerprint density at radius 2 is 0.907 bits per heavy atom. The van der Waals surface area contributed by atoms with Gasteiger partial charge in [0.15, 0.2) is 0 Å². The van der Waals surface area contributed by atoms with Crippen LogP contribution in [0, 0.1) is 22.7 Å². The van der Waals surface area contributed by atoms with E-state index >= 15 is 0 Å². The molecule has 0 unspecified atom stereocenters. The number of aromatic nitrogens is 1. The average Bonchev–Trinajstić information content (AvgIpc) is 3.50. The summed E-state index contributed by atoms with van der Waals surface area (Å²) >= 11 is 0. The van der Waals surface area contributed by atoms with Gasteiger partial charge >= 0.3 is 0 Å². The number of para-hydroxylation sites is 1. The van der Waals surface area contributed by atoms with Crippen LogP contribution in [0.3, 0.4) is 0 Å². The van der Waals surface area contributed by atoms with Crippen molar-refractivity contribution in [1.29, 1.82) is 10.5 Å². The molecule has 0 aliphatic heterocycles. The molecule has 2 aromatic heterocycles. The Kier molecular flexibility index (Phi) is 5.72. The molecule has 0 amide bonds. The first-order chi connectivity index (χ1) is 20.5. The zero-order chi connectivity index (χ0) is 30.3. The Bertz CT molecular complexity index is 2160. The largest absolute Gasteiger partial charge is 0.308 e. The number of fused-ring (bicyclic) bond motifs is 6. The molecule has 0 saturated carbocycles. The molecule has 0 saturated heterocycles. The molecule has 0 radical (unpaired) electrons. The summed E-state index contributed by atoms with van der Waals surface area (Å²) in [5, 5.41) is 25.4. The SMILES string of the molecule is CC(C)(C)c1ccccc1-c1cc2c3cccc4c5cc(-c6ccccc6C(C)(C)C)c(C#N)cc5n(c2cc1C#N)c34. The van der Waals surface area contributed by atoms with Crippen molar-refractivity contribution in [3.8, 4) is 34.4 Å². The number of nitrogens with zero attached hydrogens (tertiary/aromatic N) is 3. The Balaban J connectivity index is 1.58. The van der Waals surface area contributed by atoms with E-state index < -0.39 is 0 Å². The number of nitriles is 2. The highest BCUT2D eigenvalue weighted by atomic mass is 14.9. The Morgan fingerprint density at radius 1 is 0.488 bits per heavy atom. The molecular formula is C40H33N3. The van der Waals surface area contributed by atoms with Gasteiger partial charge in [0.1, 0.15) is 0 Å². The van der Waals surface area contributed by atoms with Gasteiger partial charge in [0, 0.05) is 32.7 Å². The highest BCUT2D eigenvalue weighted by Crippen LogP contribution is 2.45. The van der Waals surface area contributed by atoms with Gasteiger partial charge < -0.3 is 4.40 Å². The van der Waals surface area contributed by atoms with Crippen molar-refractivity contribution in [2.24, 2.45) is 0 Å². The molecule has 3 nitrogen and oxygen atoms in total. The minimum absolute atomic E-state index is 0.0686. The van der Waals surface area contributed by atoms with Crippen LogP contribution in [0.25, 0.3) is 60.3 Å². The zero-order valence-corrected chi connectivity index (χ0v) is 25.5. The van der Waals surface area contributed by atoms with Crippen LogP contribution < -0.4 is 0 Å². The van der Waals surface area contributed by atoms with Crippen molar-refractivity contribution in [3.63, 3.8) is 0 Å². The van der Waals surface area contributed by atoms with Gasteiger partial charge in [-0.05, 0) is 57.3 Å². The van der Waals surface area contributed by atoms with Gasteiger partial charge in [0.2, 0.25) is 0 Å². The molecule has 2 heterocycles. The van der Waals surface area contributed by atoms with Gasteiger partial charge in [-0.25, -0.2) is 0 Å². The molecule has 0 fully saturated rings. The second-order valence-electron chi connectivity index (χ2n) is 13.7. The minimum Gasteiger partial charge on any atom is -0.308 e. The van der Waals surface area contributed by atoms with Gasteiger partial charge in [-0.1, -0.05) is 108 Å². The van der Waals surface area contributed by atoms with Crippen molar-refractivity contribution in [2.45, 2.75) is 52.4 Å². The maximum absolute atomic E-state index is 10.4. The van der Waals surface area contributed by atoms with Crippen molar-refractivity contribution < 1.29 is 0 Å². The Labute approximate surface area is 252 Å². The number of rotatable bonds is 2. The first-order valence-electron chi connectivity index (χ1n) is 14.8. The van der Waals surface area contributed by atoms with Crippen LogP contribution >= 0.6 is 0 Å². The monoisotopic (exact) mass is 555 g/mol. The second kappa shape index (κ2) is 9.19. The molecule has 0 bridgehead atoms. The summed E-state index contributed by atoms with van der Waals surface area (Å²) in [6.07, 6.45) is 0. The first kappa shape index (κ1) is 26.8. The molecule has 208 valence electrons. The van der Waals surface area contributed by atoms with E-state index in [4.69, 9.17) is 0 Å². The smallest absolute Gasteiger partial charge is 0.0998 e. The Morgan fingerprint density at radius 3 is 1.30 bits per heavy atom. The predicted molar refractivity (Wildman–Crippen MR) is 179 cm³/mol. The number of benzene rings is 5. The van der Waals surface area contributed by atoms with E-state index in [1.807, 2.05) is 12.1 Å². The summed E-state index contributed by atoms with van der Waals surface area (Å²) in [6.45, 7) is 13.3. The molecular weight excluding hydrogens is 522 g/mol. The quantitative estimate of drug-likeness (QED) is 0.213. The standard InChI is InChI=1S/C40H33N3/c1-39(2,3)34-16-9-7-12-26(34)30-20-32-28-14-11-15-29-33-21-31(27-13-8-10-17-35(27)40(4,5)6)25(23-42)19-37(33)43(38(28)29)36(32)18-24(30)22-41/h7-21H,1-6H3. The van der Waals surface area contributed by atoms with Crippen LogP contribution in [0.1, 0.15) is 63.8 Å². The van der Waals surface area contributed by atoms with Crippen molar-refractivity contribution in [1.82, 2.24) is 4.40 Å². The molecule has 0 aliphatic rings. The first-order valence-corrected chi connectivity index (χ1v) is 14.8. The molecule has 7 rings (SSSR count). The van der Waals surface area contributed by atoms with Crippen LogP contribution in [0.2, 0.25) is 0 Å². The third-order valence-corrected chi connectivity index (χ3v) is 8.88. The molecule has 43 heavy (non-hydrogen) atoms. The van der Waals surface area contributed by atoms with Gasteiger partial charge in [-0.3, -0.25) is 0 Å². The third kappa shape index (κ3) is 3.93. The van der Waals surface area contributed by atoms with Crippen molar-refractivity contribution >= 4 is 38.1 Å². The fourth-order valence-corrected chi connectivity index (χ4v) is 6.94. The average molecular weight is 556 g/mol. The van der Waals surface area contributed by atoms with Gasteiger partial charge in [0.05, 0.1) is 39.8 Å². The molecule has 0 N–H and O–H groups in total. The normalized spacial score (nSPS) is 12.4. The predicted octanol–water partition coefficient (Wildman–Crippen LogP) is 10.5. The van der Waals surface area contributed by atoms with Crippen LogP contribution in [0.4, 0.5) is 0 Å². The lowest BCUT2D eigenvalue weighted by molar-refractivity contribution is 0.591. The van der Waals surface area contributed by atoms with E-state index in [2.05, 4.69) is 137 Å². The minimum atomic E-state index is -0.0686. The summed E-state index contributed by atoms with van der Waals surface area (Å²) in [5.41, 5.74) is 10.8. The molecule has 0 aliphatic carbocycles. The lowest BCUT2D eigenvalue weighted by atomic mass is 9.80. The molecule has 3 heteroatoms. The van der Waals surface area contributed by atoms with Crippen LogP contribution in [-0.4, -0.2) is 4.40 Å². The summed E-state index contributed by atoms with van der Waals surface area (Å²) in [4.78, 5) is 0. The van der Waals surface area contributed by atoms with Gasteiger partial charge in [0.25, 0.3) is 0 Å². The third-order valence-electron chi connectivity index (χ3n) is 8.88. The van der Waals surface area contributed by atoms with Crippen molar-refractivity contribution in [2.75, 3.05) is 0 Å². The fraction of sp³-hybridized carbons (Fsp3) is 0.200. The Hall–Kier alpha value is -5.12. The lowest BCUT2D eigenvalue weighted by Gasteiger charge is -2.23. The van der Waals surface area contributed by atoms with Crippen LogP contribution in [0.15, 0.2) is 91.0 Å². The van der Waals surface area contributed by atoms with Gasteiger partial charge in [-0.15, -0.1) is 0 Å². The summed E-state index contributed by atoms with van der Waals surface area (Å²) < 4.78 is 2.26. The van der Waals surface area contributed by atoms with Crippen molar-refractivity contribution in [3.05, 3.63) is 113 Å². The zero-order valence-electron chi connectivity index (χ0n) is 25.5. The van der Waals surface area contributed by atoms with E-state index in [-0.39, 0.29) is 10.8 Å². The highest BCUT2D eigenvalue weighted by molar-refractivity contribution is 6.24. The van der Waals surface area contributed by atoms with E-state index in [1.165, 1.54) is 11.1 Å². The molecule has 7 aromatic rings. The molecule has 0 atom stereocenters. The van der Waals surface area contributed by atoms with Gasteiger partial charge in [-0.2, -0.15) is 10.5 Å². The molecule has 5 aromatic carbocycles. The maximum atomic E-state index is 10.4. The number of hydrogen-bond donors (Lipinski definition) is 0. The second-order valence-corrected chi connectivity index (χ2v) is 13.7. The van der Waals surface area contributed by atoms with Crippen LogP contribution in [-0.2, 0) is 10.8 Å². The number of hydrogen-bond acceptors (Lipinski definition) is 2. The van der Waals surface area contributed by atoms with Crippen LogP contribution in [0.5, 0.6) is 0 Å². The topological polar surface area (TPSA) is 52.0 Å². The van der Waals surface area contributed by atoms with E-state index in [0.717, 1.165) is 60.3 Å². The maximum Gasteiger partial charge on any atom is 0.0998 e. The molecule has 0 spiro atoms.